The third-order valence-electron chi connectivity index (χ3n) is 5.54. The normalized spacial score (nSPS) is 12.1. The summed E-state index contributed by atoms with van der Waals surface area (Å²) in [4.78, 5) is 27.1. The van der Waals surface area contributed by atoms with E-state index >= 15 is 0 Å². The number of aliphatic carboxylic acids is 1. The molecule has 1 aromatic heterocycles. The van der Waals surface area contributed by atoms with Gasteiger partial charge in [-0.25, -0.2) is 0 Å². The lowest BCUT2D eigenvalue weighted by molar-refractivity contribution is -0.138. The summed E-state index contributed by atoms with van der Waals surface area (Å²) >= 11 is 0. The molecule has 37 heavy (non-hydrogen) atoms. The number of carboxylic acid groups (broad SMARTS) is 1. The Morgan fingerprint density at radius 2 is 1.68 bits per heavy atom. The van der Waals surface area contributed by atoms with Gasteiger partial charge in [0, 0.05) is 29.4 Å². The predicted octanol–water partition coefficient (Wildman–Crippen LogP) is 6.23. The summed E-state index contributed by atoms with van der Waals surface area (Å²) in [6.45, 7) is -0.442. The zero-order valence-electron chi connectivity index (χ0n) is 19.8. The number of rotatable bonds is 12. The van der Waals surface area contributed by atoms with Crippen LogP contribution < -0.4 is 10.1 Å². The van der Waals surface area contributed by atoms with Crippen LogP contribution in [0, 0.1) is 0 Å². The van der Waals surface area contributed by atoms with Gasteiger partial charge in [-0.05, 0) is 61.7 Å². The maximum absolute atomic E-state index is 12.8. The van der Waals surface area contributed by atoms with E-state index in [9.17, 15) is 27.2 Å². The number of benzene rings is 2. The average Bonchev–Trinajstić information content (AvgIpc) is 2.88. The first kappa shape index (κ1) is 27.6. The Bertz CT molecular complexity index is 1170. The highest BCUT2D eigenvalue weighted by molar-refractivity contribution is 5.94. The maximum Gasteiger partial charge on any atom is 0.416 e. The van der Waals surface area contributed by atoms with Crippen LogP contribution in [0.2, 0.25) is 0 Å². The van der Waals surface area contributed by atoms with E-state index in [0.29, 0.717) is 47.4 Å². The smallest absolute Gasteiger partial charge is 0.416 e. The van der Waals surface area contributed by atoms with E-state index < -0.39 is 36.4 Å². The highest BCUT2D eigenvalue weighted by Gasteiger charge is 2.30. The van der Waals surface area contributed by atoms with Gasteiger partial charge in [0.25, 0.3) is 5.91 Å². The third kappa shape index (κ3) is 8.30. The summed E-state index contributed by atoms with van der Waals surface area (Å²) < 4.78 is 57.2. The van der Waals surface area contributed by atoms with Gasteiger partial charge in [-0.1, -0.05) is 18.2 Å². The molecule has 6 nitrogen and oxygen atoms in total. The molecule has 196 valence electrons. The zero-order chi connectivity index (χ0) is 26.8. The Morgan fingerprint density at radius 1 is 0.973 bits per heavy atom. The van der Waals surface area contributed by atoms with Gasteiger partial charge in [0.15, 0.2) is 0 Å². The number of hydrogen-bond acceptors (Lipinski definition) is 4. The van der Waals surface area contributed by atoms with E-state index in [0.717, 1.165) is 12.1 Å². The van der Waals surface area contributed by atoms with Crippen LogP contribution in [0.15, 0.2) is 66.9 Å². The first-order chi connectivity index (χ1) is 17.7. The fourth-order valence-electron chi connectivity index (χ4n) is 3.55. The molecular formula is C27H26F4N2O4. The van der Waals surface area contributed by atoms with Crippen molar-refractivity contribution in [1.29, 1.82) is 0 Å². The monoisotopic (exact) mass is 518 g/mol. The quantitative estimate of drug-likeness (QED) is 0.219. The number of unbranched alkanes of at least 4 members (excludes halogenated alkanes) is 1. The number of hydrogen-bond donors (Lipinski definition) is 2. The number of nitrogens with one attached hydrogen (secondary N) is 1. The van der Waals surface area contributed by atoms with Crippen LogP contribution in [-0.4, -0.2) is 35.2 Å². The van der Waals surface area contributed by atoms with Gasteiger partial charge in [0.1, 0.15) is 11.9 Å². The molecule has 3 rings (SSSR count). The molecule has 1 unspecified atom stereocenters. The summed E-state index contributed by atoms with van der Waals surface area (Å²) in [7, 11) is 0. The molecule has 10 heteroatoms. The first-order valence-electron chi connectivity index (χ1n) is 11.6. The summed E-state index contributed by atoms with van der Waals surface area (Å²) in [6.07, 6.45) is -2.05. The van der Waals surface area contributed by atoms with Crippen LogP contribution in [0.4, 0.5) is 17.6 Å². The Hall–Kier alpha value is -3.95. The van der Waals surface area contributed by atoms with Crippen molar-refractivity contribution in [3.63, 3.8) is 0 Å². The van der Waals surface area contributed by atoms with E-state index in [1.54, 1.807) is 42.6 Å². The molecule has 0 saturated heterocycles. The molecule has 1 amide bonds. The molecule has 2 N–H and O–H groups in total. The minimum Gasteiger partial charge on any atom is -0.486 e. The van der Waals surface area contributed by atoms with Crippen molar-refractivity contribution < 1.29 is 37.0 Å². The Balaban J connectivity index is 1.70. The Kier molecular flexibility index (Phi) is 9.59. The van der Waals surface area contributed by atoms with E-state index in [1.807, 2.05) is 0 Å². The van der Waals surface area contributed by atoms with Gasteiger partial charge >= 0.3 is 12.1 Å². The van der Waals surface area contributed by atoms with Crippen molar-refractivity contribution in [2.75, 3.05) is 13.2 Å². The molecule has 0 fully saturated rings. The van der Waals surface area contributed by atoms with Gasteiger partial charge in [0.05, 0.1) is 24.4 Å². The Morgan fingerprint density at radius 3 is 2.24 bits per heavy atom. The van der Waals surface area contributed by atoms with Crippen LogP contribution in [-0.2, 0) is 11.0 Å². The van der Waals surface area contributed by atoms with Gasteiger partial charge in [-0.2, -0.15) is 13.2 Å². The molecule has 0 aliphatic rings. The van der Waals surface area contributed by atoms with Crippen LogP contribution in [0.25, 0.3) is 11.3 Å². The number of carbonyl (C=O) groups is 2. The van der Waals surface area contributed by atoms with Crippen LogP contribution >= 0.6 is 0 Å². The highest BCUT2D eigenvalue weighted by atomic mass is 19.4. The molecule has 0 spiro atoms. The molecule has 2 aromatic carbocycles. The predicted molar refractivity (Wildman–Crippen MR) is 129 cm³/mol. The fourth-order valence-corrected chi connectivity index (χ4v) is 3.55. The van der Waals surface area contributed by atoms with Gasteiger partial charge < -0.3 is 15.2 Å². The molecule has 1 atom stereocenters. The minimum absolute atomic E-state index is 0.0124. The Labute approximate surface area is 211 Å². The SMILES string of the molecule is O=C(O)CCNC(=O)c1ccc(OC(CCCCF)c2ccc(-c3ccc(C(F)(F)F)cc3)nc2)cc1. The van der Waals surface area contributed by atoms with Gasteiger partial charge in [0.2, 0.25) is 0 Å². The molecule has 1 heterocycles. The number of alkyl halides is 4. The maximum atomic E-state index is 12.8. The van der Waals surface area contributed by atoms with Gasteiger partial charge in [-0.3, -0.25) is 19.0 Å². The third-order valence-corrected chi connectivity index (χ3v) is 5.54. The second-order valence-corrected chi connectivity index (χ2v) is 8.27. The summed E-state index contributed by atoms with van der Waals surface area (Å²) in [6, 6.07) is 14.5. The first-order valence-corrected chi connectivity index (χ1v) is 11.6. The van der Waals surface area contributed by atoms with Crippen LogP contribution in [0.1, 0.15) is 53.3 Å². The van der Waals surface area contributed by atoms with Crippen molar-refractivity contribution >= 4 is 11.9 Å². The number of nitrogens with zero attached hydrogens (tertiary/aromatic N) is 1. The van der Waals surface area contributed by atoms with Crippen molar-refractivity contribution in [3.8, 4) is 17.0 Å². The van der Waals surface area contributed by atoms with E-state index in [2.05, 4.69) is 10.3 Å². The number of carbonyl (C=O) groups excluding carboxylic acids is 1. The number of pyridine rings is 1. The molecule has 0 aliphatic carbocycles. The second-order valence-electron chi connectivity index (χ2n) is 8.27. The zero-order valence-corrected chi connectivity index (χ0v) is 19.8. The van der Waals surface area contributed by atoms with Crippen LogP contribution in [0.5, 0.6) is 5.75 Å². The summed E-state index contributed by atoms with van der Waals surface area (Å²) in [5, 5.41) is 11.2. The number of carboxylic acids is 1. The lowest BCUT2D eigenvalue weighted by Crippen LogP contribution is -2.25. The molecule has 3 aromatic rings. The lowest BCUT2D eigenvalue weighted by Gasteiger charge is -2.20. The largest absolute Gasteiger partial charge is 0.486 e. The average molecular weight is 519 g/mol. The van der Waals surface area contributed by atoms with Crippen molar-refractivity contribution in [2.24, 2.45) is 0 Å². The molecule has 0 bridgehead atoms. The molecule has 0 radical (unpaired) electrons. The number of halogens is 4. The van der Waals surface area contributed by atoms with E-state index in [-0.39, 0.29) is 13.0 Å². The van der Waals surface area contributed by atoms with Gasteiger partial charge in [-0.15, -0.1) is 0 Å². The molecule has 0 aliphatic heterocycles. The van der Waals surface area contributed by atoms with Crippen LogP contribution in [0.3, 0.4) is 0 Å². The lowest BCUT2D eigenvalue weighted by atomic mass is 10.0. The minimum atomic E-state index is -4.41. The topological polar surface area (TPSA) is 88.5 Å². The van der Waals surface area contributed by atoms with E-state index in [1.165, 1.54) is 12.1 Å². The number of ether oxygens (including phenoxy) is 1. The van der Waals surface area contributed by atoms with Crippen molar-refractivity contribution in [3.05, 3.63) is 83.6 Å². The summed E-state index contributed by atoms with van der Waals surface area (Å²) in [5.74, 6) is -0.945. The van der Waals surface area contributed by atoms with Crippen molar-refractivity contribution in [1.82, 2.24) is 10.3 Å². The number of amides is 1. The standard InChI is InChI=1S/C27H26F4N2O4/c28-15-2-1-3-24(37-22-11-6-19(7-12-22)26(36)32-16-14-25(34)35)20-8-13-23(33-17-20)18-4-9-21(10-5-18)27(29,30)31/h4-13,17,24H,1-3,14-16H2,(H,32,36)(H,34,35). The van der Waals surface area contributed by atoms with E-state index in [4.69, 9.17) is 9.84 Å². The molecular weight excluding hydrogens is 492 g/mol. The summed E-state index contributed by atoms with van der Waals surface area (Å²) in [5.41, 5.74) is 1.35. The number of aromatic nitrogens is 1. The molecule has 0 saturated carbocycles. The second kappa shape index (κ2) is 12.8. The fraction of sp³-hybridized carbons (Fsp3) is 0.296. The highest BCUT2D eigenvalue weighted by Crippen LogP contribution is 2.31. The van der Waals surface area contributed by atoms with Crippen molar-refractivity contribution in [2.45, 2.75) is 38.0 Å².